The minimum Gasteiger partial charge on any atom is -0.620 e. The lowest BCUT2D eigenvalue weighted by molar-refractivity contribution is -0.274. The third-order valence-corrected chi connectivity index (χ3v) is 5.65. The topological polar surface area (TPSA) is 91.9 Å². The normalized spacial score (nSPS) is 22.1. The number of hydrogen-bond donors (Lipinski definition) is 2. The molecular formula is C25H25F3N4O3. The van der Waals surface area contributed by atoms with Crippen molar-refractivity contribution in [3.8, 4) is 5.75 Å². The Kier molecular flexibility index (Phi) is 6.70. The van der Waals surface area contributed by atoms with Gasteiger partial charge < -0.3 is 25.7 Å². The van der Waals surface area contributed by atoms with Gasteiger partial charge in [-0.15, -0.1) is 13.2 Å². The van der Waals surface area contributed by atoms with E-state index in [9.17, 15) is 18.4 Å². The number of nitrogen functional groups attached to an aromatic ring is 1. The predicted octanol–water partition coefficient (Wildman–Crippen LogP) is 4.85. The largest absolute Gasteiger partial charge is 0.620 e. The van der Waals surface area contributed by atoms with Gasteiger partial charge in [-0.3, -0.25) is 9.64 Å². The molecule has 2 heterocycles. The van der Waals surface area contributed by atoms with E-state index in [2.05, 4.69) is 15.0 Å². The zero-order valence-electron chi connectivity index (χ0n) is 19.2. The number of hydrogen-bond acceptors (Lipinski definition) is 6. The number of nitrogens with one attached hydrogen (secondary N) is 1. The Labute approximate surface area is 200 Å². The predicted molar refractivity (Wildman–Crippen MR) is 130 cm³/mol. The second-order valence-corrected chi connectivity index (χ2v) is 8.02. The first-order valence-corrected chi connectivity index (χ1v) is 10.9. The van der Waals surface area contributed by atoms with Gasteiger partial charge in [-0.05, 0) is 55.0 Å². The molecule has 7 nitrogen and oxygen atoms in total. The minimum atomic E-state index is -4.82. The van der Waals surface area contributed by atoms with Gasteiger partial charge in [0, 0.05) is 48.8 Å². The Bertz CT molecular complexity index is 1220. The highest BCUT2D eigenvalue weighted by molar-refractivity contribution is 5.89. The number of alkyl halides is 3. The number of anilines is 1. The SMILES string of the molecule is CCOC1C=CC2=C(N1)[N+]([O-])(c1ccc(OC(F)(F)F)cc1)CC(c1ccc(N)c(C=NC)c1)=C2. The van der Waals surface area contributed by atoms with Crippen LogP contribution in [0.4, 0.5) is 24.5 Å². The number of nitrogens with two attached hydrogens (primary N) is 1. The summed E-state index contributed by atoms with van der Waals surface area (Å²) in [7, 11) is 1.64. The van der Waals surface area contributed by atoms with Crippen molar-refractivity contribution in [2.75, 3.05) is 25.9 Å². The highest BCUT2D eigenvalue weighted by atomic mass is 19.4. The molecule has 0 aromatic heterocycles. The number of hydroxylamine groups is 2. The highest BCUT2D eigenvalue weighted by Crippen LogP contribution is 2.39. The molecule has 2 unspecified atom stereocenters. The molecule has 2 aromatic rings. The average molecular weight is 486 g/mol. The molecule has 184 valence electrons. The van der Waals surface area contributed by atoms with Crippen molar-refractivity contribution >= 4 is 23.2 Å². The van der Waals surface area contributed by atoms with E-state index in [1.165, 1.54) is 12.1 Å². The minimum absolute atomic E-state index is 0.00931. The third kappa shape index (κ3) is 5.24. The van der Waals surface area contributed by atoms with Crippen molar-refractivity contribution < 1.29 is 22.6 Å². The fourth-order valence-electron chi connectivity index (χ4n) is 4.10. The van der Waals surface area contributed by atoms with Crippen LogP contribution >= 0.6 is 0 Å². The van der Waals surface area contributed by atoms with E-state index in [1.54, 1.807) is 19.3 Å². The summed E-state index contributed by atoms with van der Waals surface area (Å²) in [4.78, 5) is 4.03. The molecule has 0 bridgehead atoms. The van der Waals surface area contributed by atoms with Crippen LogP contribution in [0.2, 0.25) is 0 Å². The molecule has 35 heavy (non-hydrogen) atoms. The van der Waals surface area contributed by atoms with Crippen molar-refractivity contribution in [1.82, 2.24) is 9.96 Å². The molecular weight excluding hydrogens is 461 g/mol. The molecule has 10 heteroatoms. The molecule has 0 saturated carbocycles. The second kappa shape index (κ2) is 9.57. The molecule has 4 rings (SSSR count). The van der Waals surface area contributed by atoms with E-state index in [-0.39, 0.29) is 12.2 Å². The van der Waals surface area contributed by atoms with Gasteiger partial charge in [0.1, 0.15) is 18.0 Å². The summed E-state index contributed by atoms with van der Waals surface area (Å²) in [6, 6.07) is 10.4. The Balaban J connectivity index is 1.77. The maximum Gasteiger partial charge on any atom is 0.573 e. The summed E-state index contributed by atoms with van der Waals surface area (Å²) in [5.41, 5.74) is 9.73. The van der Waals surface area contributed by atoms with E-state index in [1.807, 2.05) is 37.3 Å². The smallest absolute Gasteiger partial charge is 0.573 e. The standard InChI is InChI=1S/C25H25F3N4O3/c1-3-34-23-11-5-17-13-19(16-4-10-22(29)18(12-16)14-30-2)15-32(33,24(17)31-23)20-6-8-21(9-7-20)35-25(26,27)28/h4-14,23,31H,3,15,29H2,1-2H3. The summed E-state index contributed by atoms with van der Waals surface area (Å²) in [6.45, 7) is 2.27. The number of aliphatic imine (C=N–C) groups is 1. The first-order valence-electron chi connectivity index (χ1n) is 10.9. The van der Waals surface area contributed by atoms with E-state index in [0.29, 0.717) is 23.7 Å². The van der Waals surface area contributed by atoms with E-state index < -0.39 is 23.0 Å². The zero-order chi connectivity index (χ0) is 25.2. The van der Waals surface area contributed by atoms with Crippen LogP contribution < -0.4 is 20.4 Å². The first-order chi connectivity index (χ1) is 16.6. The molecule has 2 aliphatic rings. The van der Waals surface area contributed by atoms with Crippen molar-refractivity contribution in [2.45, 2.75) is 19.5 Å². The van der Waals surface area contributed by atoms with Gasteiger partial charge in [0.05, 0.1) is 5.57 Å². The molecule has 2 aliphatic heterocycles. The van der Waals surface area contributed by atoms with Crippen LogP contribution in [0.3, 0.4) is 0 Å². The zero-order valence-corrected chi connectivity index (χ0v) is 19.2. The van der Waals surface area contributed by atoms with Gasteiger partial charge in [0.2, 0.25) is 5.82 Å². The number of ether oxygens (including phenoxy) is 2. The Morgan fingerprint density at radius 1 is 1.23 bits per heavy atom. The molecule has 0 aliphatic carbocycles. The van der Waals surface area contributed by atoms with Crippen molar-refractivity contribution in [1.29, 1.82) is 0 Å². The lowest BCUT2D eigenvalue weighted by Crippen LogP contribution is -2.53. The molecule has 3 N–H and O–H groups in total. The first kappa shape index (κ1) is 24.5. The van der Waals surface area contributed by atoms with Gasteiger partial charge in [0.15, 0.2) is 6.23 Å². The van der Waals surface area contributed by atoms with Gasteiger partial charge in [-0.25, -0.2) is 0 Å². The highest BCUT2D eigenvalue weighted by Gasteiger charge is 2.37. The fourth-order valence-corrected chi connectivity index (χ4v) is 4.10. The average Bonchev–Trinajstić information content (AvgIpc) is 2.80. The van der Waals surface area contributed by atoms with Crippen LogP contribution in [-0.4, -0.2) is 39.0 Å². The number of dihydropyridines is 1. The van der Waals surface area contributed by atoms with Crippen LogP contribution in [0.15, 0.2) is 77.1 Å². The van der Waals surface area contributed by atoms with Crippen LogP contribution in [0.25, 0.3) is 5.57 Å². The third-order valence-electron chi connectivity index (χ3n) is 5.65. The number of quaternary nitrogens is 1. The lowest BCUT2D eigenvalue weighted by atomic mass is 9.95. The van der Waals surface area contributed by atoms with Crippen LogP contribution in [-0.2, 0) is 4.74 Å². The van der Waals surface area contributed by atoms with E-state index >= 15 is 0 Å². The van der Waals surface area contributed by atoms with Gasteiger partial charge in [-0.2, -0.15) is 0 Å². The fraction of sp³-hybridized carbons (Fsp3) is 0.240. The number of allylic oxidation sites excluding steroid dienone is 3. The molecule has 0 radical (unpaired) electrons. The number of benzene rings is 2. The lowest BCUT2D eigenvalue weighted by Gasteiger charge is -2.47. The molecule has 0 saturated heterocycles. The second-order valence-electron chi connectivity index (χ2n) is 8.02. The van der Waals surface area contributed by atoms with Crippen molar-refractivity contribution in [3.63, 3.8) is 0 Å². The van der Waals surface area contributed by atoms with Crippen molar-refractivity contribution in [3.05, 3.63) is 88.4 Å². The van der Waals surface area contributed by atoms with Gasteiger partial charge in [-0.1, -0.05) is 6.07 Å². The molecule has 2 aromatic carbocycles. The summed E-state index contributed by atoms with van der Waals surface area (Å²) < 4.78 is 46.5. The Morgan fingerprint density at radius 2 is 1.97 bits per heavy atom. The van der Waals surface area contributed by atoms with Crippen molar-refractivity contribution in [2.24, 2.45) is 4.99 Å². The molecule has 0 fully saturated rings. The summed E-state index contributed by atoms with van der Waals surface area (Å²) >= 11 is 0. The number of nitrogens with zero attached hydrogens (tertiary/aromatic N) is 2. The maximum atomic E-state index is 14.5. The van der Waals surface area contributed by atoms with E-state index in [4.69, 9.17) is 10.5 Å². The summed E-state index contributed by atoms with van der Waals surface area (Å²) in [5, 5.41) is 17.6. The Morgan fingerprint density at radius 3 is 2.63 bits per heavy atom. The number of halogens is 3. The van der Waals surface area contributed by atoms with Gasteiger partial charge in [0.25, 0.3) is 0 Å². The molecule has 0 spiro atoms. The Hall–Kier alpha value is -3.60. The molecule has 2 atom stereocenters. The summed E-state index contributed by atoms with van der Waals surface area (Å²) in [5.74, 6) is -0.0643. The van der Waals surface area contributed by atoms with Crippen LogP contribution in [0.1, 0.15) is 18.1 Å². The number of rotatable bonds is 6. The van der Waals surface area contributed by atoms with E-state index in [0.717, 1.165) is 28.8 Å². The molecule has 0 amide bonds. The quantitative estimate of drug-likeness (QED) is 0.264. The maximum absolute atomic E-state index is 14.5. The monoisotopic (exact) mass is 486 g/mol. The van der Waals surface area contributed by atoms with Gasteiger partial charge >= 0.3 is 6.36 Å². The summed E-state index contributed by atoms with van der Waals surface area (Å²) in [6.07, 6.45) is 1.84. The van der Waals surface area contributed by atoms with Crippen LogP contribution in [0.5, 0.6) is 5.75 Å². The van der Waals surface area contributed by atoms with Crippen LogP contribution in [0, 0.1) is 5.21 Å².